The van der Waals surface area contributed by atoms with Crippen molar-refractivity contribution >= 4 is 5.97 Å². The Labute approximate surface area is 97.5 Å². The zero-order valence-electron chi connectivity index (χ0n) is 10.5. The van der Waals surface area contributed by atoms with Crippen molar-refractivity contribution in [2.75, 3.05) is 7.11 Å². The van der Waals surface area contributed by atoms with Gasteiger partial charge in [-0.25, -0.2) is 4.79 Å². The van der Waals surface area contributed by atoms with Crippen molar-refractivity contribution in [3.8, 4) is 0 Å². The molecule has 16 heavy (non-hydrogen) atoms. The highest BCUT2D eigenvalue weighted by atomic mass is 16.7. The maximum atomic E-state index is 11.8. The fraction of sp³-hybridized carbons (Fsp3) is 0.923. The van der Waals surface area contributed by atoms with Gasteiger partial charge in [-0.15, -0.1) is 0 Å². The van der Waals surface area contributed by atoms with Crippen molar-refractivity contribution in [3.05, 3.63) is 0 Å². The van der Waals surface area contributed by atoms with E-state index in [0.717, 1.165) is 12.8 Å². The summed E-state index contributed by atoms with van der Waals surface area (Å²) in [6.07, 6.45) is 6.99. The maximum Gasteiger partial charge on any atom is 0.340 e. The first-order valence-electron chi connectivity index (χ1n) is 6.39. The molecule has 1 aliphatic carbocycles. The van der Waals surface area contributed by atoms with E-state index < -0.39 is 5.60 Å². The Morgan fingerprint density at radius 2 is 2.06 bits per heavy atom. The van der Waals surface area contributed by atoms with Crippen LogP contribution >= 0.6 is 0 Å². The molecule has 1 saturated heterocycles. The van der Waals surface area contributed by atoms with Gasteiger partial charge in [0.1, 0.15) is 5.60 Å². The monoisotopic (exact) mass is 226 g/mol. The zero-order chi connectivity index (χ0) is 11.8. The van der Waals surface area contributed by atoms with E-state index in [-0.39, 0.29) is 11.6 Å². The number of rotatable bonds is 4. The molecule has 0 amide bonds. The summed E-state index contributed by atoms with van der Waals surface area (Å²) >= 11 is 0. The lowest BCUT2D eigenvalue weighted by atomic mass is 9.78. The molecular weight excluding hydrogens is 204 g/mol. The summed E-state index contributed by atoms with van der Waals surface area (Å²) in [6.45, 7) is 4.04. The van der Waals surface area contributed by atoms with Crippen molar-refractivity contribution in [2.24, 2.45) is 5.92 Å². The molecule has 2 atom stereocenters. The predicted octanol–water partition coefficient (Wildman–Crippen LogP) is 2.68. The van der Waals surface area contributed by atoms with Crippen molar-refractivity contribution in [1.82, 2.24) is 0 Å². The molecule has 1 aliphatic heterocycles. The lowest BCUT2D eigenvalue weighted by molar-refractivity contribution is -0.146. The summed E-state index contributed by atoms with van der Waals surface area (Å²) in [5.74, 6) is 0.351. The topological polar surface area (TPSA) is 38.8 Å². The van der Waals surface area contributed by atoms with Gasteiger partial charge in [-0.2, -0.15) is 0 Å². The predicted molar refractivity (Wildman–Crippen MR) is 61.1 cm³/mol. The first-order chi connectivity index (χ1) is 7.60. The van der Waals surface area contributed by atoms with Crippen LogP contribution < -0.4 is 0 Å². The fourth-order valence-electron chi connectivity index (χ4n) is 3.48. The first-order valence-corrected chi connectivity index (χ1v) is 6.39. The van der Waals surface area contributed by atoms with E-state index in [9.17, 15) is 4.79 Å². The smallest absolute Gasteiger partial charge is 0.340 e. The van der Waals surface area contributed by atoms with Gasteiger partial charge in [0.05, 0.1) is 7.11 Å². The minimum absolute atomic E-state index is 0.201. The highest BCUT2D eigenvalue weighted by Gasteiger charge is 2.74. The van der Waals surface area contributed by atoms with E-state index in [1.54, 1.807) is 0 Å². The number of hydrogen-bond donors (Lipinski definition) is 0. The van der Waals surface area contributed by atoms with Crippen molar-refractivity contribution < 1.29 is 14.3 Å². The zero-order valence-corrected chi connectivity index (χ0v) is 10.5. The highest BCUT2D eigenvalue weighted by molar-refractivity contribution is 5.84. The third kappa shape index (κ3) is 1.48. The van der Waals surface area contributed by atoms with Crippen LogP contribution in [0.15, 0.2) is 0 Å². The number of esters is 1. The normalized spacial score (nSPS) is 38.7. The largest absolute Gasteiger partial charge is 0.467 e. The van der Waals surface area contributed by atoms with Crippen LogP contribution in [-0.4, -0.2) is 24.3 Å². The van der Waals surface area contributed by atoms with Gasteiger partial charge in [-0.1, -0.05) is 26.2 Å². The molecule has 0 aromatic heterocycles. The molecule has 0 radical (unpaired) electrons. The van der Waals surface area contributed by atoms with Gasteiger partial charge in [-0.05, 0) is 32.1 Å². The Morgan fingerprint density at radius 3 is 2.56 bits per heavy atom. The minimum atomic E-state index is -0.674. The number of hydrogen-bond acceptors (Lipinski definition) is 3. The average Bonchev–Trinajstić information content (AvgIpc) is 2.73. The third-order valence-corrected chi connectivity index (χ3v) is 4.36. The maximum absolute atomic E-state index is 11.8. The van der Waals surface area contributed by atoms with Crippen LogP contribution in [0.4, 0.5) is 0 Å². The quantitative estimate of drug-likeness (QED) is 0.546. The first kappa shape index (κ1) is 11.9. The summed E-state index contributed by atoms with van der Waals surface area (Å²) in [7, 11) is 1.45. The summed E-state index contributed by atoms with van der Waals surface area (Å²) in [6, 6.07) is 0. The number of ether oxygens (including phenoxy) is 2. The lowest BCUT2D eigenvalue weighted by Crippen LogP contribution is -2.37. The van der Waals surface area contributed by atoms with Crippen LogP contribution in [0.5, 0.6) is 0 Å². The molecule has 92 valence electrons. The Kier molecular flexibility index (Phi) is 2.99. The molecule has 1 saturated carbocycles. The second-order valence-corrected chi connectivity index (χ2v) is 5.25. The van der Waals surface area contributed by atoms with Gasteiger partial charge in [-0.3, -0.25) is 0 Å². The second kappa shape index (κ2) is 4.02. The van der Waals surface area contributed by atoms with E-state index in [1.807, 2.05) is 6.92 Å². The molecule has 2 rings (SSSR count). The number of carbonyl (C=O) groups is 1. The SMILES string of the molecule is CCCC1(C2CCCC2)OC1(C)C(=O)OC. The van der Waals surface area contributed by atoms with Gasteiger partial charge in [0.15, 0.2) is 5.60 Å². The molecular formula is C13H22O3. The van der Waals surface area contributed by atoms with Gasteiger partial charge < -0.3 is 9.47 Å². The van der Waals surface area contributed by atoms with E-state index in [0.29, 0.717) is 5.92 Å². The van der Waals surface area contributed by atoms with E-state index >= 15 is 0 Å². The Hall–Kier alpha value is -0.570. The van der Waals surface area contributed by atoms with Crippen LogP contribution in [0, 0.1) is 5.92 Å². The van der Waals surface area contributed by atoms with Crippen LogP contribution in [0.3, 0.4) is 0 Å². The second-order valence-electron chi connectivity index (χ2n) is 5.25. The number of epoxide rings is 1. The number of carbonyl (C=O) groups excluding carboxylic acids is 1. The van der Waals surface area contributed by atoms with Crippen LogP contribution in [0.2, 0.25) is 0 Å². The molecule has 2 fully saturated rings. The third-order valence-electron chi connectivity index (χ3n) is 4.36. The van der Waals surface area contributed by atoms with Gasteiger partial charge in [0, 0.05) is 0 Å². The molecule has 0 spiro atoms. The molecule has 0 N–H and O–H groups in total. The average molecular weight is 226 g/mol. The molecule has 3 nitrogen and oxygen atoms in total. The molecule has 2 aliphatic rings. The molecule has 0 aromatic rings. The Morgan fingerprint density at radius 1 is 1.44 bits per heavy atom. The van der Waals surface area contributed by atoms with E-state index in [2.05, 4.69) is 6.92 Å². The van der Waals surface area contributed by atoms with Crippen LogP contribution in [-0.2, 0) is 14.3 Å². The van der Waals surface area contributed by atoms with Crippen molar-refractivity contribution in [3.63, 3.8) is 0 Å². The van der Waals surface area contributed by atoms with Crippen LogP contribution in [0.25, 0.3) is 0 Å². The lowest BCUT2D eigenvalue weighted by Gasteiger charge is -2.21. The van der Waals surface area contributed by atoms with E-state index in [1.165, 1.54) is 32.8 Å². The highest BCUT2D eigenvalue weighted by Crippen LogP contribution is 2.60. The molecule has 0 bridgehead atoms. The minimum Gasteiger partial charge on any atom is -0.467 e. The van der Waals surface area contributed by atoms with Gasteiger partial charge in [0.25, 0.3) is 0 Å². The van der Waals surface area contributed by atoms with Crippen molar-refractivity contribution in [1.29, 1.82) is 0 Å². The molecule has 1 heterocycles. The Bertz CT molecular complexity index is 283. The van der Waals surface area contributed by atoms with Crippen LogP contribution in [0.1, 0.15) is 52.4 Å². The Balaban J connectivity index is 2.16. The standard InChI is InChI=1S/C13H22O3/c1-4-9-13(10-7-5-6-8-10)12(2,16-13)11(14)15-3/h10H,4-9H2,1-3H3. The summed E-state index contributed by atoms with van der Waals surface area (Å²) in [5, 5.41) is 0. The summed E-state index contributed by atoms with van der Waals surface area (Å²) in [5.41, 5.74) is -0.891. The van der Waals surface area contributed by atoms with Gasteiger partial charge >= 0.3 is 5.97 Å². The van der Waals surface area contributed by atoms with E-state index in [4.69, 9.17) is 9.47 Å². The molecule has 0 aromatic carbocycles. The molecule has 3 heteroatoms. The summed E-state index contributed by atoms with van der Waals surface area (Å²) in [4.78, 5) is 11.8. The van der Waals surface area contributed by atoms with Gasteiger partial charge in [0.2, 0.25) is 0 Å². The molecule has 2 unspecified atom stereocenters. The fourth-order valence-corrected chi connectivity index (χ4v) is 3.48. The number of methoxy groups -OCH3 is 1. The van der Waals surface area contributed by atoms with Crippen molar-refractivity contribution in [2.45, 2.75) is 63.6 Å². The summed E-state index contributed by atoms with van der Waals surface area (Å²) < 4.78 is 10.8.